The molecule has 3 nitrogen and oxygen atoms in total. The Balaban J connectivity index is 1.59. The van der Waals surface area contributed by atoms with E-state index in [1.54, 1.807) is 0 Å². The molecule has 0 saturated carbocycles. The van der Waals surface area contributed by atoms with Crippen molar-refractivity contribution < 1.29 is 14.6 Å². The molecule has 4 rings (SSSR count). The number of fused-ring (bicyclic) bond motifs is 2. The number of benzene rings is 2. The van der Waals surface area contributed by atoms with Gasteiger partial charge in [-0.15, -0.1) is 0 Å². The Bertz CT molecular complexity index is 815. The molecule has 2 aliphatic heterocycles. The van der Waals surface area contributed by atoms with Gasteiger partial charge in [0.2, 0.25) is 0 Å². The van der Waals surface area contributed by atoms with Gasteiger partial charge in [0.25, 0.3) is 0 Å². The summed E-state index contributed by atoms with van der Waals surface area (Å²) >= 11 is 6.51. The molecule has 0 amide bonds. The number of hydrogen-bond donors (Lipinski definition) is 1. The van der Waals surface area contributed by atoms with E-state index in [1.165, 1.54) is 11.1 Å². The van der Waals surface area contributed by atoms with Crippen LogP contribution in [0.15, 0.2) is 42.5 Å². The third-order valence-corrected chi connectivity index (χ3v) is 6.55. The van der Waals surface area contributed by atoms with Crippen LogP contribution in [-0.2, 0) is 16.8 Å². The van der Waals surface area contributed by atoms with E-state index in [2.05, 4.69) is 24.3 Å². The third-order valence-electron chi connectivity index (χ3n) is 6.18. The predicted molar refractivity (Wildman–Crippen MR) is 108 cm³/mol. The van der Waals surface area contributed by atoms with Crippen LogP contribution in [0.3, 0.4) is 0 Å². The first-order valence-electron chi connectivity index (χ1n) is 9.83. The third kappa shape index (κ3) is 3.49. The van der Waals surface area contributed by atoms with Gasteiger partial charge in [0.15, 0.2) is 0 Å². The second-order valence-corrected chi connectivity index (χ2v) is 8.43. The molecule has 2 heterocycles. The normalized spacial score (nSPS) is 29.7. The molecule has 3 atom stereocenters. The lowest BCUT2D eigenvalue weighted by Crippen LogP contribution is -2.46. The molecule has 0 spiro atoms. The lowest BCUT2D eigenvalue weighted by molar-refractivity contribution is -0.188. The zero-order chi connectivity index (χ0) is 19.1. The van der Waals surface area contributed by atoms with E-state index in [4.69, 9.17) is 21.1 Å². The fourth-order valence-electron chi connectivity index (χ4n) is 4.52. The first-order valence-corrected chi connectivity index (χ1v) is 10.2. The van der Waals surface area contributed by atoms with Crippen LogP contribution >= 0.6 is 11.6 Å². The van der Waals surface area contributed by atoms with E-state index >= 15 is 0 Å². The molecule has 2 fully saturated rings. The Labute approximate surface area is 166 Å². The summed E-state index contributed by atoms with van der Waals surface area (Å²) < 4.78 is 12.0. The fraction of sp³-hybridized carbons (Fsp3) is 0.478. The van der Waals surface area contributed by atoms with Gasteiger partial charge >= 0.3 is 0 Å². The number of aliphatic hydroxyl groups is 1. The van der Waals surface area contributed by atoms with Crippen molar-refractivity contribution in [1.82, 2.24) is 0 Å². The van der Waals surface area contributed by atoms with Crippen LogP contribution in [-0.4, -0.2) is 23.4 Å². The topological polar surface area (TPSA) is 38.7 Å². The molecule has 2 aliphatic rings. The van der Waals surface area contributed by atoms with Crippen LogP contribution in [0.2, 0.25) is 5.02 Å². The minimum atomic E-state index is -0.423. The molecule has 4 heteroatoms. The van der Waals surface area contributed by atoms with Gasteiger partial charge < -0.3 is 14.6 Å². The summed E-state index contributed by atoms with van der Waals surface area (Å²) in [5.41, 5.74) is 2.78. The maximum absolute atomic E-state index is 10.3. The zero-order valence-electron chi connectivity index (χ0n) is 16.0. The van der Waals surface area contributed by atoms with Crippen LogP contribution in [0.1, 0.15) is 56.2 Å². The van der Waals surface area contributed by atoms with E-state index in [9.17, 15) is 5.11 Å². The van der Waals surface area contributed by atoms with Crippen molar-refractivity contribution in [1.29, 1.82) is 0 Å². The molecule has 2 bridgehead atoms. The lowest BCUT2D eigenvalue weighted by atomic mass is 9.84. The number of rotatable bonds is 5. The highest BCUT2D eigenvalue weighted by molar-refractivity contribution is 6.31. The maximum Gasteiger partial charge on any atom is 0.119 e. The van der Waals surface area contributed by atoms with Gasteiger partial charge in [-0.25, -0.2) is 0 Å². The molecule has 0 unspecified atom stereocenters. The van der Waals surface area contributed by atoms with Crippen LogP contribution in [0, 0.1) is 0 Å². The van der Waals surface area contributed by atoms with Crippen LogP contribution in [0.5, 0.6) is 5.75 Å². The summed E-state index contributed by atoms with van der Waals surface area (Å²) in [6.07, 6.45) is 3.88. The van der Waals surface area contributed by atoms with Gasteiger partial charge in [0.05, 0.1) is 23.9 Å². The first kappa shape index (κ1) is 18.8. The molecule has 1 N–H and O–H groups in total. The summed E-state index contributed by atoms with van der Waals surface area (Å²) in [5, 5.41) is 11.1. The molecule has 2 aromatic carbocycles. The molecule has 2 saturated heterocycles. The largest absolute Gasteiger partial charge is 0.494 e. The van der Waals surface area contributed by atoms with Crippen molar-refractivity contribution in [2.45, 2.75) is 63.3 Å². The van der Waals surface area contributed by atoms with E-state index < -0.39 is 5.60 Å². The van der Waals surface area contributed by atoms with Crippen molar-refractivity contribution in [3.05, 3.63) is 64.2 Å². The maximum atomic E-state index is 10.3. The van der Waals surface area contributed by atoms with E-state index in [-0.39, 0.29) is 11.7 Å². The van der Waals surface area contributed by atoms with Gasteiger partial charge in [-0.1, -0.05) is 35.9 Å². The van der Waals surface area contributed by atoms with E-state index in [0.717, 1.165) is 48.4 Å². The molecule has 144 valence electrons. The lowest BCUT2D eigenvalue weighted by Gasteiger charge is -2.42. The summed E-state index contributed by atoms with van der Waals surface area (Å²) in [6.45, 7) is 4.69. The molecular formula is C23H27ClO3. The number of halogens is 1. The van der Waals surface area contributed by atoms with Gasteiger partial charge in [0.1, 0.15) is 5.75 Å². The Kier molecular flexibility index (Phi) is 4.96. The van der Waals surface area contributed by atoms with Crippen molar-refractivity contribution in [3.8, 4) is 5.75 Å². The summed E-state index contributed by atoms with van der Waals surface area (Å²) in [5.74, 6) is 0.888. The summed E-state index contributed by atoms with van der Waals surface area (Å²) in [4.78, 5) is 0. The van der Waals surface area contributed by atoms with Gasteiger partial charge in [-0.05, 0) is 80.8 Å². The molecule has 27 heavy (non-hydrogen) atoms. The van der Waals surface area contributed by atoms with Gasteiger partial charge in [0, 0.05) is 5.02 Å². The fourth-order valence-corrected chi connectivity index (χ4v) is 4.70. The molecule has 2 aromatic rings. The zero-order valence-corrected chi connectivity index (χ0v) is 16.8. The quantitative estimate of drug-likeness (QED) is 0.762. The molecule has 0 aromatic heterocycles. The molecular weight excluding hydrogens is 360 g/mol. The summed E-state index contributed by atoms with van der Waals surface area (Å²) in [6, 6.07) is 14.5. The SMILES string of the molecule is CCOc1ccc(Cc2cc([C@]34CC[C@H](O)[C@](C)(CC3)O4)ccc2Cl)cc1. The highest BCUT2D eigenvalue weighted by Gasteiger charge is 2.54. The standard InChI is InChI=1S/C23H27ClO3/c1-3-26-19-7-4-16(5-8-19)14-17-15-18(6-9-20(17)24)23-11-10-21(25)22(2,27-23)12-13-23/h4-9,15,21,25H,3,10-14H2,1-2H3/t21-,22-,23-/m0/s1. The Morgan fingerprint density at radius 3 is 2.67 bits per heavy atom. The van der Waals surface area contributed by atoms with E-state index in [0.29, 0.717) is 6.61 Å². The first-order chi connectivity index (χ1) is 12.9. The molecule has 0 radical (unpaired) electrons. The van der Waals surface area contributed by atoms with Crippen LogP contribution < -0.4 is 4.74 Å². The minimum absolute atomic E-state index is 0.286. The van der Waals surface area contributed by atoms with Gasteiger partial charge in [-0.3, -0.25) is 0 Å². The second kappa shape index (κ2) is 7.12. The summed E-state index contributed by atoms with van der Waals surface area (Å²) in [7, 11) is 0. The number of hydrogen-bond acceptors (Lipinski definition) is 3. The van der Waals surface area contributed by atoms with Crippen molar-refractivity contribution in [2.24, 2.45) is 0 Å². The second-order valence-electron chi connectivity index (χ2n) is 8.02. The highest BCUT2D eigenvalue weighted by Crippen LogP contribution is 2.53. The average molecular weight is 387 g/mol. The highest BCUT2D eigenvalue weighted by atomic mass is 35.5. The Morgan fingerprint density at radius 1 is 1.15 bits per heavy atom. The minimum Gasteiger partial charge on any atom is -0.494 e. The van der Waals surface area contributed by atoms with Crippen molar-refractivity contribution >= 4 is 11.6 Å². The van der Waals surface area contributed by atoms with E-state index in [1.807, 2.05) is 32.0 Å². The van der Waals surface area contributed by atoms with Gasteiger partial charge in [-0.2, -0.15) is 0 Å². The molecule has 0 aliphatic carbocycles. The van der Waals surface area contributed by atoms with Crippen molar-refractivity contribution in [3.63, 3.8) is 0 Å². The Hall–Kier alpha value is -1.55. The Morgan fingerprint density at radius 2 is 1.93 bits per heavy atom. The number of aliphatic hydroxyl groups excluding tert-OH is 1. The predicted octanol–water partition coefficient (Wildman–Crippen LogP) is 5.25. The van der Waals surface area contributed by atoms with Crippen LogP contribution in [0.4, 0.5) is 0 Å². The number of ether oxygens (including phenoxy) is 2. The van der Waals surface area contributed by atoms with Crippen LogP contribution in [0.25, 0.3) is 0 Å². The smallest absolute Gasteiger partial charge is 0.119 e. The van der Waals surface area contributed by atoms with Crippen molar-refractivity contribution in [2.75, 3.05) is 6.61 Å². The average Bonchev–Trinajstić information content (AvgIpc) is 2.97. The monoisotopic (exact) mass is 386 g/mol.